The van der Waals surface area contributed by atoms with Crippen molar-refractivity contribution in [1.29, 1.82) is 0 Å². The first kappa shape index (κ1) is 21.2. The van der Waals surface area contributed by atoms with Crippen molar-refractivity contribution in [2.24, 2.45) is 0 Å². The Kier molecular flexibility index (Phi) is 6.50. The number of nitrogens with zero attached hydrogens (tertiary/aromatic N) is 4. The van der Waals surface area contributed by atoms with Crippen LogP contribution in [0.25, 0.3) is 5.82 Å². The molecule has 1 amide bonds. The van der Waals surface area contributed by atoms with Gasteiger partial charge >= 0.3 is 6.18 Å². The summed E-state index contributed by atoms with van der Waals surface area (Å²) in [6, 6.07) is 2.10. The molecule has 29 heavy (non-hydrogen) atoms. The van der Waals surface area contributed by atoms with Gasteiger partial charge in [-0.1, -0.05) is 0 Å². The first-order chi connectivity index (χ1) is 13.8. The molecule has 3 heterocycles. The molecule has 0 radical (unpaired) electrons. The molecule has 1 fully saturated rings. The van der Waals surface area contributed by atoms with Crippen molar-refractivity contribution in [3.05, 3.63) is 41.3 Å². The fraction of sp³-hybridized carbons (Fsp3) is 0.500. The van der Waals surface area contributed by atoms with Gasteiger partial charge in [0.15, 0.2) is 5.82 Å². The van der Waals surface area contributed by atoms with Crippen molar-refractivity contribution in [1.82, 2.24) is 25.0 Å². The van der Waals surface area contributed by atoms with Crippen molar-refractivity contribution < 1.29 is 27.8 Å². The third-order valence-corrected chi connectivity index (χ3v) is 4.62. The van der Waals surface area contributed by atoms with Crippen molar-refractivity contribution in [2.45, 2.75) is 19.2 Å². The van der Waals surface area contributed by atoms with E-state index in [9.17, 15) is 23.1 Å². The van der Waals surface area contributed by atoms with E-state index in [0.29, 0.717) is 25.5 Å². The van der Waals surface area contributed by atoms with Crippen LogP contribution in [0.2, 0.25) is 0 Å². The quantitative estimate of drug-likeness (QED) is 0.735. The van der Waals surface area contributed by atoms with Gasteiger partial charge in [-0.3, -0.25) is 9.69 Å². The number of halogens is 3. The first-order valence-electron chi connectivity index (χ1n) is 9.10. The lowest BCUT2D eigenvalue weighted by Gasteiger charge is -2.28. The molecule has 1 unspecified atom stereocenters. The number of nitrogens with one attached hydrogen (secondary N) is 1. The zero-order valence-electron chi connectivity index (χ0n) is 15.8. The minimum atomic E-state index is -4.47. The van der Waals surface area contributed by atoms with Crippen LogP contribution in [0.15, 0.2) is 24.5 Å². The van der Waals surface area contributed by atoms with E-state index in [0.717, 1.165) is 25.4 Å². The Morgan fingerprint density at radius 1 is 1.31 bits per heavy atom. The topological polar surface area (TPSA) is 92.5 Å². The van der Waals surface area contributed by atoms with Crippen molar-refractivity contribution >= 4 is 5.91 Å². The number of aliphatic hydroxyl groups excluding tert-OH is 1. The number of hydrogen-bond acceptors (Lipinski definition) is 6. The molecule has 1 aliphatic heterocycles. The minimum Gasteiger partial charge on any atom is -0.390 e. The van der Waals surface area contributed by atoms with Gasteiger partial charge in [0.05, 0.1) is 42.3 Å². The molecular weight excluding hydrogens is 391 g/mol. The smallest absolute Gasteiger partial charge is 0.390 e. The third-order valence-electron chi connectivity index (χ3n) is 4.62. The molecule has 8 nitrogen and oxygen atoms in total. The van der Waals surface area contributed by atoms with Crippen LogP contribution in [0.1, 0.15) is 21.6 Å². The highest BCUT2D eigenvalue weighted by Crippen LogP contribution is 2.28. The number of aliphatic hydroxyl groups is 1. The number of morpholine rings is 1. The minimum absolute atomic E-state index is 0.0688. The van der Waals surface area contributed by atoms with E-state index in [1.54, 1.807) is 6.92 Å². The maximum absolute atomic E-state index is 12.7. The van der Waals surface area contributed by atoms with E-state index < -0.39 is 23.8 Å². The molecule has 0 aliphatic carbocycles. The number of ether oxygens (including phenoxy) is 1. The maximum Gasteiger partial charge on any atom is 0.417 e. The SMILES string of the molecule is Cc1c(C(=O)NCC(O)CN2CCOCC2)cnn1-c1ccc(C(F)(F)F)cn1. The summed E-state index contributed by atoms with van der Waals surface area (Å²) in [6.07, 6.45) is -3.17. The van der Waals surface area contributed by atoms with Crippen LogP contribution in [0.3, 0.4) is 0 Å². The Bertz CT molecular complexity index is 832. The van der Waals surface area contributed by atoms with Crippen LogP contribution in [0.5, 0.6) is 0 Å². The Hall–Kier alpha value is -2.50. The van der Waals surface area contributed by atoms with Crippen LogP contribution in [0.4, 0.5) is 13.2 Å². The average molecular weight is 413 g/mol. The van der Waals surface area contributed by atoms with E-state index in [4.69, 9.17) is 4.74 Å². The molecule has 2 N–H and O–H groups in total. The highest BCUT2D eigenvalue weighted by atomic mass is 19.4. The highest BCUT2D eigenvalue weighted by molar-refractivity contribution is 5.95. The zero-order valence-corrected chi connectivity index (χ0v) is 15.8. The van der Waals surface area contributed by atoms with E-state index >= 15 is 0 Å². The normalized spacial score (nSPS) is 16.6. The number of hydrogen-bond donors (Lipinski definition) is 2. The molecule has 158 valence electrons. The van der Waals surface area contributed by atoms with Gasteiger partial charge in [-0.25, -0.2) is 9.67 Å². The number of β-amino-alcohol motifs (C(OH)–C–C–N with tert-alkyl or cyclic N) is 1. The fourth-order valence-electron chi connectivity index (χ4n) is 2.99. The summed E-state index contributed by atoms with van der Waals surface area (Å²) >= 11 is 0. The lowest BCUT2D eigenvalue weighted by Crippen LogP contribution is -2.44. The second kappa shape index (κ2) is 8.89. The number of amides is 1. The molecule has 11 heteroatoms. The van der Waals surface area contributed by atoms with E-state index in [2.05, 4.69) is 20.3 Å². The fourth-order valence-corrected chi connectivity index (χ4v) is 2.99. The predicted molar refractivity (Wildman–Crippen MR) is 96.7 cm³/mol. The van der Waals surface area contributed by atoms with Crippen molar-refractivity contribution in [2.75, 3.05) is 39.4 Å². The monoisotopic (exact) mass is 413 g/mol. The van der Waals surface area contributed by atoms with E-state index in [1.807, 2.05) is 0 Å². The largest absolute Gasteiger partial charge is 0.417 e. The van der Waals surface area contributed by atoms with Gasteiger partial charge in [0.25, 0.3) is 5.91 Å². The lowest BCUT2D eigenvalue weighted by molar-refractivity contribution is -0.137. The van der Waals surface area contributed by atoms with Crippen LogP contribution in [-0.2, 0) is 10.9 Å². The lowest BCUT2D eigenvalue weighted by atomic mass is 10.2. The van der Waals surface area contributed by atoms with Gasteiger partial charge in [0.1, 0.15) is 0 Å². The summed E-state index contributed by atoms with van der Waals surface area (Å²) in [5, 5.41) is 16.8. The summed E-state index contributed by atoms with van der Waals surface area (Å²) in [6.45, 7) is 4.82. The molecule has 0 aromatic carbocycles. The van der Waals surface area contributed by atoms with Gasteiger partial charge in [-0.2, -0.15) is 18.3 Å². The van der Waals surface area contributed by atoms with Crippen LogP contribution < -0.4 is 5.32 Å². The molecule has 1 atom stereocenters. The van der Waals surface area contributed by atoms with Crippen molar-refractivity contribution in [3.8, 4) is 5.82 Å². The molecule has 1 aliphatic rings. The Morgan fingerprint density at radius 2 is 2.03 bits per heavy atom. The maximum atomic E-state index is 12.7. The molecule has 0 spiro atoms. The zero-order chi connectivity index (χ0) is 21.0. The summed E-state index contributed by atoms with van der Waals surface area (Å²) in [7, 11) is 0. The van der Waals surface area contributed by atoms with E-state index in [1.165, 1.54) is 16.9 Å². The number of alkyl halides is 3. The van der Waals surface area contributed by atoms with Gasteiger partial charge in [-0.15, -0.1) is 0 Å². The Morgan fingerprint density at radius 3 is 2.66 bits per heavy atom. The summed E-state index contributed by atoms with van der Waals surface area (Å²) in [4.78, 5) is 18.3. The second-order valence-electron chi connectivity index (χ2n) is 6.74. The second-order valence-corrected chi connectivity index (χ2v) is 6.74. The molecule has 2 aromatic heterocycles. The predicted octanol–water partition coefficient (Wildman–Crippen LogP) is 1.02. The molecular formula is C18H22F3N5O3. The summed E-state index contributed by atoms with van der Waals surface area (Å²) in [5.41, 5.74) is -0.180. The van der Waals surface area contributed by atoms with Crippen LogP contribution in [-0.4, -0.2) is 76.2 Å². The summed E-state index contributed by atoms with van der Waals surface area (Å²) in [5.74, 6) is -0.261. The standard InChI is InChI=1S/C18H22F3N5O3/c1-12-15(17(28)23-9-14(27)11-25-4-6-29-7-5-25)10-24-26(12)16-3-2-13(8-22-16)18(19,20)21/h2-3,8,10,14,27H,4-7,9,11H2,1H3,(H,23,28). The Labute approximate surface area is 165 Å². The molecule has 3 rings (SSSR count). The molecule has 0 saturated carbocycles. The highest BCUT2D eigenvalue weighted by Gasteiger charge is 2.31. The van der Waals surface area contributed by atoms with Gasteiger partial charge < -0.3 is 15.2 Å². The number of carbonyl (C=O) groups is 1. The van der Waals surface area contributed by atoms with Gasteiger partial charge in [0.2, 0.25) is 0 Å². The van der Waals surface area contributed by atoms with E-state index in [-0.39, 0.29) is 17.9 Å². The average Bonchev–Trinajstić information content (AvgIpc) is 3.08. The van der Waals surface area contributed by atoms with Crippen molar-refractivity contribution in [3.63, 3.8) is 0 Å². The number of rotatable bonds is 6. The molecule has 0 bridgehead atoms. The van der Waals surface area contributed by atoms with Crippen LogP contribution >= 0.6 is 0 Å². The number of pyridine rings is 1. The summed E-state index contributed by atoms with van der Waals surface area (Å²) < 4.78 is 44.5. The first-order valence-corrected chi connectivity index (χ1v) is 9.10. The number of aromatic nitrogens is 3. The van der Waals surface area contributed by atoms with Crippen LogP contribution in [0, 0.1) is 6.92 Å². The number of carbonyl (C=O) groups excluding carboxylic acids is 1. The third kappa shape index (κ3) is 5.31. The molecule has 1 saturated heterocycles. The molecule has 2 aromatic rings. The van der Waals surface area contributed by atoms with Gasteiger partial charge in [-0.05, 0) is 19.1 Å². The Balaban J connectivity index is 1.60. The van der Waals surface area contributed by atoms with Gasteiger partial charge in [0, 0.05) is 32.4 Å².